The van der Waals surface area contributed by atoms with E-state index in [0.717, 1.165) is 47.4 Å². The van der Waals surface area contributed by atoms with Gasteiger partial charge in [0.05, 0.1) is 17.1 Å². The van der Waals surface area contributed by atoms with Crippen LogP contribution in [0, 0.1) is 6.92 Å². The standard InChI is InChI=1S/C20H23N3O3S2/c1-12-5-4-6-13(9-12)22-16(24)10-27-11-17(25)23-20-18(19(21)26)14-7-2-3-8-15(14)28-20/h4-6,9H,2-3,7-8,10-11H2,1H3,(H2,21,26)(H,22,24)(H,23,25). The van der Waals surface area contributed by atoms with E-state index in [-0.39, 0.29) is 23.3 Å². The summed E-state index contributed by atoms with van der Waals surface area (Å²) in [5.41, 5.74) is 8.79. The highest BCUT2D eigenvalue weighted by molar-refractivity contribution is 8.00. The normalized spacial score (nSPS) is 12.9. The van der Waals surface area contributed by atoms with Gasteiger partial charge in [0, 0.05) is 10.6 Å². The van der Waals surface area contributed by atoms with Gasteiger partial charge in [-0.25, -0.2) is 0 Å². The highest BCUT2D eigenvalue weighted by atomic mass is 32.2. The molecule has 1 aromatic carbocycles. The smallest absolute Gasteiger partial charge is 0.251 e. The Bertz CT molecular complexity index is 908. The molecule has 1 aliphatic carbocycles. The first-order valence-electron chi connectivity index (χ1n) is 9.12. The molecule has 0 saturated carbocycles. The van der Waals surface area contributed by atoms with Crippen molar-refractivity contribution < 1.29 is 14.4 Å². The van der Waals surface area contributed by atoms with Crippen molar-refractivity contribution in [1.82, 2.24) is 0 Å². The predicted molar refractivity (Wildman–Crippen MR) is 115 cm³/mol. The molecule has 6 nitrogen and oxygen atoms in total. The van der Waals surface area contributed by atoms with Crippen LogP contribution in [0.15, 0.2) is 24.3 Å². The third kappa shape index (κ3) is 5.14. The highest BCUT2D eigenvalue weighted by Gasteiger charge is 2.24. The molecule has 0 fully saturated rings. The molecule has 0 spiro atoms. The molecular weight excluding hydrogens is 394 g/mol. The van der Waals surface area contributed by atoms with Crippen molar-refractivity contribution in [3.8, 4) is 0 Å². The number of thiophene rings is 1. The third-order valence-corrected chi connectivity index (χ3v) is 6.58. The zero-order valence-corrected chi connectivity index (χ0v) is 17.3. The maximum absolute atomic E-state index is 12.3. The summed E-state index contributed by atoms with van der Waals surface area (Å²) in [7, 11) is 0. The van der Waals surface area contributed by atoms with E-state index in [1.807, 2.05) is 31.2 Å². The van der Waals surface area contributed by atoms with Crippen molar-refractivity contribution in [3.05, 3.63) is 45.8 Å². The second kappa shape index (κ2) is 9.25. The van der Waals surface area contributed by atoms with Crippen LogP contribution in [0.1, 0.15) is 39.2 Å². The zero-order chi connectivity index (χ0) is 20.1. The van der Waals surface area contributed by atoms with Crippen LogP contribution >= 0.6 is 23.1 Å². The van der Waals surface area contributed by atoms with Gasteiger partial charge in [-0.2, -0.15) is 0 Å². The molecule has 0 radical (unpaired) electrons. The van der Waals surface area contributed by atoms with E-state index in [1.54, 1.807) is 0 Å². The molecule has 2 aromatic rings. The number of fused-ring (bicyclic) bond motifs is 1. The van der Waals surface area contributed by atoms with E-state index < -0.39 is 5.91 Å². The Morgan fingerprint density at radius 1 is 1.11 bits per heavy atom. The molecule has 148 valence electrons. The monoisotopic (exact) mass is 417 g/mol. The number of carbonyl (C=O) groups is 3. The topological polar surface area (TPSA) is 101 Å². The summed E-state index contributed by atoms with van der Waals surface area (Å²) < 4.78 is 0. The lowest BCUT2D eigenvalue weighted by Gasteiger charge is -2.11. The third-order valence-electron chi connectivity index (χ3n) is 4.44. The second-order valence-electron chi connectivity index (χ2n) is 6.74. The molecule has 4 N–H and O–H groups in total. The fourth-order valence-corrected chi connectivity index (χ4v) is 5.16. The van der Waals surface area contributed by atoms with Crippen LogP contribution in [0.25, 0.3) is 0 Å². The Morgan fingerprint density at radius 2 is 1.82 bits per heavy atom. The van der Waals surface area contributed by atoms with Gasteiger partial charge >= 0.3 is 0 Å². The van der Waals surface area contributed by atoms with Crippen LogP contribution in [0.4, 0.5) is 10.7 Å². The van der Waals surface area contributed by atoms with E-state index in [0.29, 0.717) is 10.6 Å². The summed E-state index contributed by atoms with van der Waals surface area (Å²) in [6.07, 6.45) is 3.87. The van der Waals surface area contributed by atoms with E-state index in [9.17, 15) is 14.4 Å². The number of rotatable bonds is 7. The lowest BCUT2D eigenvalue weighted by atomic mass is 9.95. The van der Waals surface area contributed by atoms with Gasteiger partial charge in [-0.1, -0.05) is 12.1 Å². The predicted octanol–water partition coefficient (Wildman–Crippen LogP) is 3.34. The van der Waals surface area contributed by atoms with Crippen LogP contribution in [0.5, 0.6) is 0 Å². The maximum Gasteiger partial charge on any atom is 0.251 e. The Labute approximate surface area is 172 Å². The lowest BCUT2D eigenvalue weighted by molar-refractivity contribution is -0.114. The molecular formula is C20H23N3O3S2. The Kier molecular flexibility index (Phi) is 6.74. The summed E-state index contributed by atoms with van der Waals surface area (Å²) in [5, 5.41) is 6.16. The number of primary amides is 1. The Balaban J connectivity index is 1.51. The lowest BCUT2D eigenvalue weighted by Crippen LogP contribution is -2.20. The van der Waals surface area contributed by atoms with Gasteiger partial charge in [-0.05, 0) is 55.9 Å². The average molecular weight is 418 g/mol. The number of nitrogens with one attached hydrogen (secondary N) is 2. The van der Waals surface area contributed by atoms with E-state index in [2.05, 4.69) is 10.6 Å². The summed E-state index contributed by atoms with van der Waals surface area (Å²) in [6.45, 7) is 1.96. The number of thioether (sulfide) groups is 1. The van der Waals surface area contributed by atoms with E-state index >= 15 is 0 Å². The van der Waals surface area contributed by atoms with Crippen LogP contribution < -0.4 is 16.4 Å². The summed E-state index contributed by atoms with van der Waals surface area (Å²) >= 11 is 2.67. The van der Waals surface area contributed by atoms with Crippen LogP contribution in [-0.2, 0) is 22.4 Å². The first-order valence-corrected chi connectivity index (χ1v) is 11.1. The van der Waals surface area contributed by atoms with Crippen LogP contribution in [0.3, 0.4) is 0 Å². The maximum atomic E-state index is 12.3. The first-order chi connectivity index (χ1) is 13.4. The number of benzene rings is 1. The number of carbonyl (C=O) groups excluding carboxylic acids is 3. The average Bonchev–Trinajstić information content (AvgIpc) is 2.99. The molecule has 3 amide bonds. The summed E-state index contributed by atoms with van der Waals surface area (Å²) in [5.74, 6) is -0.602. The van der Waals surface area contributed by atoms with Crippen molar-refractivity contribution in [3.63, 3.8) is 0 Å². The Hall–Kier alpha value is -2.32. The first kappa shape index (κ1) is 20.4. The summed E-state index contributed by atoms with van der Waals surface area (Å²) in [6, 6.07) is 7.55. The van der Waals surface area contributed by atoms with Crippen molar-refractivity contribution >= 4 is 51.5 Å². The van der Waals surface area contributed by atoms with Gasteiger partial charge in [0.2, 0.25) is 11.8 Å². The molecule has 28 heavy (non-hydrogen) atoms. The van der Waals surface area contributed by atoms with E-state index in [4.69, 9.17) is 5.73 Å². The minimum Gasteiger partial charge on any atom is -0.365 e. The molecule has 0 aliphatic heterocycles. The van der Waals surface area contributed by atoms with Crippen molar-refractivity contribution in [2.45, 2.75) is 32.6 Å². The number of aryl methyl sites for hydroxylation is 2. The molecule has 3 rings (SSSR count). The van der Waals surface area contributed by atoms with E-state index in [1.165, 1.54) is 23.1 Å². The molecule has 1 aliphatic rings. The number of nitrogens with two attached hydrogens (primary N) is 1. The van der Waals surface area contributed by atoms with Gasteiger partial charge in [0.25, 0.3) is 5.91 Å². The highest BCUT2D eigenvalue weighted by Crippen LogP contribution is 2.37. The second-order valence-corrected chi connectivity index (χ2v) is 8.83. The molecule has 8 heteroatoms. The molecule has 1 heterocycles. The summed E-state index contributed by atoms with van der Waals surface area (Å²) in [4.78, 5) is 37.3. The fourth-order valence-electron chi connectivity index (χ4n) is 3.23. The van der Waals surface area contributed by atoms with Gasteiger partial charge in [-0.15, -0.1) is 23.1 Å². The molecule has 0 unspecified atom stereocenters. The minimum atomic E-state index is -0.500. The van der Waals surface area contributed by atoms with Crippen molar-refractivity contribution in [2.24, 2.45) is 5.73 Å². The minimum absolute atomic E-state index is 0.127. The van der Waals surface area contributed by atoms with Gasteiger partial charge in [-0.3, -0.25) is 14.4 Å². The van der Waals surface area contributed by atoms with Crippen LogP contribution in [-0.4, -0.2) is 29.2 Å². The fraction of sp³-hybridized carbons (Fsp3) is 0.350. The molecule has 0 atom stereocenters. The van der Waals surface area contributed by atoms with Gasteiger partial charge < -0.3 is 16.4 Å². The van der Waals surface area contributed by atoms with Crippen LogP contribution in [0.2, 0.25) is 0 Å². The SMILES string of the molecule is Cc1cccc(NC(=O)CSCC(=O)Nc2sc3c(c2C(N)=O)CCCC3)c1. The number of hydrogen-bond acceptors (Lipinski definition) is 5. The number of amides is 3. The Morgan fingerprint density at radius 3 is 2.54 bits per heavy atom. The number of anilines is 2. The van der Waals surface area contributed by atoms with Gasteiger partial charge in [0.1, 0.15) is 5.00 Å². The van der Waals surface area contributed by atoms with Crippen molar-refractivity contribution in [1.29, 1.82) is 0 Å². The zero-order valence-electron chi connectivity index (χ0n) is 15.7. The molecule has 1 aromatic heterocycles. The molecule has 0 bridgehead atoms. The van der Waals surface area contributed by atoms with Gasteiger partial charge in [0.15, 0.2) is 0 Å². The quantitative estimate of drug-likeness (QED) is 0.643. The molecule has 0 saturated heterocycles. The largest absolute Gasteiger partial charge is 0.365 e. The number of hydrogen-bond donors (Lipinski definition) is 3. The van der Waals surface area contributed by atoms with Crippen molar-refractivity contribution in [2.75, 3.05) is 22.1 Å².